The van der Waals surface area contributed by atoms with Gasteiger partial charge in [0, 0.05) is 11.9 Å². The molecule has 0 saturated heterocycles. The number of hydrogen-bond donors (Lipinski definition) is 2. The predicted molar refractivity (Wildman–Crippen MR) is 58.8 cm³/mol. The molecule has 1 amide bonds. The molecule has 0 aliphatic rings. The van der Waals surface area contributed by atoms with E-state index < -0.39 is 6.09 Å². The van der Waals surface area contributed by atoms with Crippen LogP contribution in [0.15, 0.2) is 24.3 Å². The molecule has 0 aliphatic carbocycles. The molecule has 1 aromatic carbocycles. The molecular weight excluding hydrogens is 246 g/mol. The summed E-state index contributed by atoms with van der Waals surface area (Å²) in [4.78, 5) is 10.2. The number of carbonyl (C=O) groups is 1. The molecule has 0 saturated carbocycles. The fourth-order valence-corrected chi connectivity index (χ4v) is 1.48. The third-order valence-corrected chi connectivity index (χ3v) is 2.51. The van der Waals surface area contributed by atoms with Crippen LogP contribution in [0.25, 0.3) is 0 Å². The molecule has 0 aliphatic heterocycles. The molecule has 4 heteroatoms. The van der Waals surface area contributed by atoms with Crippen molar-refractivity contribution in [3.8, 4) is 0 Å². The zero-order valence-electron chi connectivity index (χ0n) is 7.66. The Bertz CT molecular complexity index is 297. The molecule has 14 heavy (non-hydrogen) atoms. The number of nitrogens with one attached hydrogen (secondary N) is 1. The van der Waals surface area contributed by atoms with Crippen molar-refractivity contribution in [2.24, 2.45) is 0 Å². The predicted octanol–water partition coefficient (Wildman–Crippen LogP) is 2.39. The Morgan fingerprint density at radius 1 is 1.29 bits per heavy atom. The summed E-state index contributed by atoms with van der Waals surface area (Å²) >= 11 is 3.36. The fraction of sp³-hybridized carbons (Fsp3) is 0.300. The van der Waals surface area contributed by atoms with Crippen LogP contribution in [0.1, 0.15) is 11.1 Å². The van der Waals surface area contributed by atoms with E-state index in [0.717, 1.165) is 17.3 Å². The molecule has 1 rings (SSSR count). The van der Waals surface area contributed by atoms with Crippen LogP contribution in [-0.2, 0) is 11.8 Å². The topological polar surface area (TPSA) is 49.3 Å². The lowest BCUT2D eigenvalue weighted by Crippen LogP contribution is -2.23. The lowest BCUT2D eigenvalue weighted by molar-refractivity contribution is 0.194. The summed E-state index contributed by atoms with van der Waals surface area (Å²) < 4.78 is 0. The maximum atomic E-state index is 10.2. The molecule has 0 unspecified atom stereocenters. The van der Waals surface area contributed by atoms with Crippen molar-refractivity contribution < 1.29 is 9.90 Å². The number of benzene rings is 1. The quantitative estimate of drug-likeness (QED) is 0.814. The largest absolute Gasteiger partial charge is 0.465 e. The smallest absolute Gasteiger partial charge is 0.404 e. The lowest BCUT2D eigenvalue weighted by Gasteiger charge is -2.02. The Labute approximate surface area is 91.3 Å². The summed E-state index contributed by atoms with van der Waals surface area (Å²) in [6.07, 6.45) is -0.239. The maximum Gasteiger partial charge on any atom is 0.404 e. The first-order chi connectivity index (χ1) is 6.72. The van der Waals surface area contributed by atoms with Crippen molar-refractivity contribution in [2.75, 3.05) is 6.54 Å². The van der Waals surface area contributed by atoms with E-state index in [0.29, 0.717) is 6.54 Å². The van der Waals surface area contributed by atoms with Gasteiger partial charge < -0.3 is 10.4 Å². The second-order valence-electron chi connectivity index (χ2n) is 2.93. The third-order valence-electron chi connectivity index (χ3n) is 1.87. The monoisotopic (exact) mass is 257 g/mol. The summed E-state index contributed by atoms with van der Waals surface area (Å²) in [5, 5.41) is 11.5. The van der Waals surface area contributed by atoms with E-state index in [9.17, 15) is 4.79 Å². The minimum atomic E-state index is -0.970. The van der Waals surface area contributed by atoms with E-state index in [1.54, 1.807) is 0 Å². The molecule has 1 aromatic rings. The lowest BCUT2D eigenvalue weighted by atomic mass is 10.1. The Hall–Kier alpha value is -1.03. The van der Waals surface area contributed by atoms with E-state index in [4.69, 9.17) is 5.11 Å². The number of amides is 1. The van der Waals surface area contributed by atoms with Crippen molar-refractivity contribution in [1.29, 1.82) is 0 Å². The van der Waals surface area contributed by atoms with Crippen molar-refractivity contribution >= 4 is 22.0 Å². The highest BCUT2D eigenvalue weighted by molar-refractivity contribution is 9.08. The first-order valence-corrected chi connectivity index (χ1v) is 5.45. The van der Waals surface area contributed by atoms with Gasteiger partial charge in [-0.15, -0.1) is 0 Å². The van der Waals surface area contributed by atoms with Gasteiger partial charge in [0.15, 0.2) is 0 Å². The Morgan fingerprint density at radius 2 is 1.86 bits per heavy atom. The van der Waals surface area contributed by atoms with Crippen molar-refractivity contribution in [3.63, 3.8) is 0 Å². The molecule has 0 aromatic heterocycles. The molecule has 3 nitrogen and oxygen atoms in total. The van der Waals surface area contributed by atoms with Gasteiger partial charge in [0.05, 0.1) is 0 Å². The second kappa shape index (κ2) is 5.65. The summed E-state index contributed by atoms with van der Waals surface area (Å²) in [5.41, 5.74) is 2.36. The van der Waals surface area contributed by atoms with E-state index in [2.05, 4.69) is 21.2 Å². The molecule has 2 N–H and O–H groups in total. The van der Waals surface area contributed by atoms with Gasteiger partial charge >= 0.3 is 6.09 Å². The van der Waals surface area contributed by atoms with Crippen LogP contribution in [0, 0.1) is 0 Å². The number of halogens is 1. The van der Waals surface area contributed by atoms with Crippen LogP contribution in [0.4, 0.5) is 4.79 Å². The van der Waals surface area contributed by atoms with Gasteiger partial charge in [0.2, 0.25) is 0 Å². The Kier molecular flexibility index (Phi) is 4.46. The van der Waals surface area contributed by atoms with Crippen LogP contribution in [-0.4, -0.2) is 17.7 Å². The summed E-state index contributed by atoms with van der Waals surface area (Å²) in [6, 6.07) is 8.09. The molecule has 0 radical (unpaired) electrons. The Balaban J connectivity index is 2.40. The van der Waals surface area contributed by atoms with Crippen molar-refractivity contribution in [2.45, 2.75) is 11.8 Å². The minimum Gasteiger partial charge on any atom is -0.465 e. The first-order valence-electron chi connectivity index (χ1n) is 4.33. The normalized spacial score (nSPS) is 9.79. The highest BCUT2D eigenvalue weighted by atomic mass is 79.9. The van der Waals surface area contributed by atoms with E-state index in [-0.39, 0.29) is 0 Å². The maximum absolute atomic E-state index is 10.2. The number of alkyl halides is 1. The van der Waals surface area contributed by atoms with Crippen LogP contribution in [0.2, 0.25) is 0 Å². The molecule has 76 valence electrons. The number of rotatable bonds is 4. The molecule has 0 atom stereocenters. The fourth-order valence-electron chi connectivity index (χ4n) is 1.11. The van der Waals surface area contributed by atoms with E-state index >= 15 is 0 Å². The zero-order chi connectivity index (χ0) is 10.4. The average Bonchev–Trinajstić information content (AvgIpc) is 2.18. The molecule has 0 fully saturated rings. The molecule has 0 spiro atoms. The van der Waals surface area contributed by atoms with E-state index in [1.165, 1.54) is 5.56 Å². The van der Waals surface area contributed by atoms with Gasteiger partial charge in [-0.2, -0.15) is 0 Å². The van der Waals surface area contributed by atoms with Crippen molar-refractivity contribution in [1.82, 2.24) is 5.32 Å². The van der Waals surface area contributed by atoms with Gasteiger partial charge in [-0.25, -0.2) is 4.79 Å². The molecular formula is C10H12BrNO2. The van der Waals surface area contributed by atoms with Crippen LogP contribution >= 0.6 is 15.9 Å². The second-order valence-corrected chi connectivity index (χ2v) is 3.49. The standard InChI is InChI=1S/C10H12BrNO2/c11-7-9-3-1-8(2-4-9)5-6-12-10(13)14/h1-4,12H,5-7H2,(H,13,14). The number of hydrogen-bond acceptors (Lipinski definition) is 1. The molecule has 0 heterocycles. The third kappa shape index (κ3) is 3.79. The van der Waals surface area contributed by atoms with Crippen molar-refractivity contribution in [3.05, 3.63) is 35.4 Å². The SMILES string of the molecule is O=C(O)NCCc1ccc(CBr)cc1. The average molecular weight is 258 g/mol. The van der Waals surface area contributed by atoms with Gasteiger partial charge in [-0.05, 0) is 17.5 Å². The first kappa shape index (κ1) is 11.0. The van der Waals surface area contributed by atoms with Gasteiger partial charge in [-0.3, -0.25) is 0 Å². The van der Waals surface area contributed by atoms with Gasteiger partial charge in [0.25, 0.3) is 0 Å². The highest BCUT2D eigenvalue weighted by Crippen LogP contribution is 2.07. The molecule has 0 bridgehead atoms. The summed E-state index contributed by atoms with van der Waals surface area (Å²) in [6.45, 7) is 0.461. The minimum absolute atomic E-state index is 0.461. The Morgan fingerprint density at radius 3 is 2.36 bits per heavy atom. The van der Waals surface area contributed by atoms with Crippen LogP contribution in [0.3, 0.4) is 0 Å². The number of carboxylic acid groups (broad SMARTS) is 1. The van der Waals surface area contributed by atoms with Gasteiger partial charge in [0.1, 0.15) is 0 Å². The van der Waals surface area contributed by atoms with Gasteiger partial charge in [-0.1, -0.05) is 40.2 Å². The summed E-state index contributed by atoms with van der Waals surface area (Å²) in [7, 11) is 0. The highest BCUT2D eigenvalue weighted by Gasteiger charge is 1.96. The zero-order valence-corrected chi connectivity index (χ0v) is 9.25. The van der Waals surface area contributed by atoms with Crippen LogP contribution < -0.4 is 5.32 Å². The van der Waals surface area contributed by atoms with Crippen LogP contribution in [0.5, 0.6) is 0 Å². The summed E-state index contributed by atoms with van der Waals surface area (Å²) in [5.74, 6) is 0. The van der Waals surface area contributed by atoms with E-state index in [1.807, 2.05) is 24.3 Å².